The van der Waals surface area contributed by atoms with E-state index in [9.17, 15) is 18.0 Å². The molecule has 122 valence electrons. The zero-order chi connectivity index (χ0) is 17.0. The van der Waals surface area contributed by atoms with Gasteiger partial charge in [-0.25, -0.2) is 4.98 Å². The molecule has 0 aliphatic rings. The largest absolute Gasteiger partial charge is 0.417 e. The lowest BCUT2D eigenvalue weighted by molar-refractivity contribution is -0.137. The number of aromatic nitrogens is 1. The predicted molar refractivity (Wildman–Crippen MR) is 84.8 cm³/mol. The van der Waals surface area contributed by atoms with Crippen molar-refractivity contribution in [2.45, 2.75) is 18.1 Å². The second kappa shape index (κ2) is 7.23. The number of aryl methyl sites for hydroxylation is 1. The molecule has 0 saturated heterocycles. The van der Waals surface area contributed by atoms with Crippen molar-refractivity contribution >= 4 is 35.0 Å². The quantitative estimate of drug-likeness (QED) is 0.797. The smallest absolute Gasteiger partial charge is 0.324 e. The van der Waals surface area contributed by atoms with Crippen molar-refractivity contribution in [1.82, 2.24) is 4.98 Å². The Morgan fingerprint density at radius 2 is 2.04 bits per heavy atom. The number of rotatable bonds is 4. The van der Waals surface area contributed by atoms with E-state index in [-0.39, 0.29) is 11.7 Å². The highest BCUT2D eigenvalue weighted by Crippen LogP contribution is 2.29. The molecule has 0 saturated carbocycles. The molecule has 0 unspecified atom stereocenters. The van der Waals surface area contributed by atoms with Crippen LogP contribution in [0.5, 0.6) is 0 Å². The molecular formula is C15H12ClF3N2OS. The van der Waals surface area contributed by atoms with Gasteiger partial charge in [-0.3, -0.25) is 4.79 Å². The number of pyridine rings is 1. The fraction of sp³-hybridized carbons (Fsp3) is 0.200. The molecule has 0 radical (unpaired) electrons. The van der Waals surface area contributed by atoms with Crippen LogP contribution in [-0.2, 0) is 11.0 Å². The van der Waals surface area contributed by atoms with Gasteiger partial charge in [0.25, 0.3) is 0 Å². The van der Waals surface area contributed by atoms with E-state index >= 15 is 0 Å². The topological polar surface area (TPSA) is 42.0 Å². The number of anilines is 1. The molecule has 1 aromatic heterocycles. The first-order valence-electron chi connectivity index (χ1n) is 6.48. The SMILES string of the molecule is Cc1ccc(NC(=O)CSc2ccc(C(F)(F)F)cn2)c(Cl)c1. The second-order valence-corrected chi connectivity index (χ2v) is 6.11. The molecule has 23 heavy (non-hydrogen) atoms. The van der Waals surface area contributed by atoms with Crippen LogP contribution in [0.15, 0.2) is 41.6 Å². The number of nitrogens with one attached hydrogen (secondary N) is 1. The average molecular weight is 361 g/mol. The lowest BCUT2D eigenvalue weighted by Gasteiger charge is -2.08. The first-order valence-corrected chi connectivity index (χ1v) is 7.84. The molecule has 0 fully saturated rings. The van der Waals surface area contributed by atoms with Crippen LogP contribution in [0.1, 0.15) is 11.1 Å². The van der Waals surface area contributed by atoms with E-state index in [1.807, 2.05) is 13.0 Å². The fourth-order valence-electron chi connectivity index (χ4n) is 1.68. The highest BCUT2D eigenvalue weighted by molar-refractivity contribution is 7.99. The number of carbonyl (C=O) groups is 1. The highest BCUT2D eigenvalue weighted by atomic mass is 35.5. The second-order valence-electron chi connectivity index (χ2n) is 4.70. The van der Waals surface area contributed by atoms with E-state index in [0.717, 1.165) is 29.6 Å². The van der Waals surface area contributed by atoms with Crippen LogP contribution in [-0.4, -0.2) is 16.6 Å². The monoisotopic (exact) mass is 360 g/mol. The first kappa shape index (κ1) is 17.6. The summed E-state index contributed by atoms with van der Waals surface area (Å²) in [5.74, 6) is -0.301. The van der Waals surface area contributed by atoms with E-state index in [2.05, 4.69) is 10.3 Å². The third-order valence-corrected chi connectivity index (χ3v) is 4.07. The summed E-state index contributed by atoms with van der Waals surface area (Å²) in [4.78, 5) is 15.5. The van der Waals surface area contributed by atoms with Gasteiger partial charge in [-0.05, 0) is 36.8 Å². The molecule has 8 heteroatoms. The van der Waals surface area contributed by atoms with E-state index in [0.29, 0.717) is 15.7 Å². The Labute approximate surface area is 140 Å². The molecule has 0 bridgehead atoms. The van der Waals surface area contributed by atoms with Gasteiger partial charge in [-0.2, -0.15) is 13.2 Å². The third-order valence-electron chi connectivity index (χ3n) is 2.81. The van der Waals surface area contributed by atoms with Crippen LogP contribution >= 0.6 is 23.4 Å². The van der Waals surface area contributed by atoms with Crippen LogP contribution in [0.3, 0.4) is 0 Å². The molecular weight excluding hydrogens is 349 g/mol. The van der Waals surface area contributed by atoms with Gasteiger partial charge in [0.15, 0.2) is 0 Å². The molecule has 1 aromatic carbocycles. The van der Waals surface area contributed by atoms with Crippen molar-refractivity contribution in [2.75, 3.05) is 11.1 Å². The van der Waals surface area contributed by atoms with Crippen LogP contribution in [0, 0.1) is 6.92 Å². The fourth-order valence-corrected chi connectivity index (χ4v) is 2.61. The standard InChI is InChI=1S/C15H12ClF3N2OS/c1-9-2-4-12(11(16)6-9)21-13(22)8-23-14-5-3-10(7-20-14)15(17,18)19/h2-7H,8H2,1H3,(H,21,22). The molecule has 3 nitrogen and oxygen atoms in total. The van der Waals surface area contributed by atoms with Gasteiger partial charge in [0.2, 0.25) is 5.91 Å². The van der Waals surface area contributed by atoms with Crippen molar-refractivity contribution in [2.24, 2.45) is 0 Å². The summed E-state index contributed by atoms with van der Waals surface area (Å²) < 4.78 is 37.3. The molecule has 1 amide bonds. The third kappa shape index (κ3) is 5.14. The van der Waals surface area contributed by atoms with Gasteiger partial charge in [-0.1, -0.05) is 29.4 Å². The average Bonchev–Trinajstić information content (AvgIpc) is 2.47. The van der Waals surface area contributed by atoms with Crippen LogP contribution in [0.2, 0.25) is 5.02 Å². The summed E-state index contributed by atoms with van der Waals surface area (Å²) in [6.45, 7) is 1.88. The Morgan fingerprint density at radius 3 is 2.61 bits per heavy atom. The maximum atomic E-state index is 12.4. The highest BCUT2D eigenvalue weighted by Gasteiger charge is 2.30. The normalized spacial score (nSPS) is 11.3. The van der Waals surface area contributed by atoms with Crippen molar-refractivity contribution in [3.63, 3.8) is 0 Å². The molecule has 0 spiro atoms. The number of amides is 1. The summed E-state index contributed by atoms with van der Waals surface area (Å²) in [7, 11) is 0. The van der Waals surface area contributed by atoms with Crippen LogP contribution in [0.4, 0.5) is 18.9 Å². The van der Waals surface area contributed by atoms with Crippen molar-refractivity contribution < 1.29 is 18.0 Å². The first-order chi connectivity index (χ1) is 10.8. The number of alkyl halides is 3. The molecule has 2 aromatic rings. The van der Waals surface area contributed by atoms with Gasteiger partial charge in [0.1, 0.15) is 0 Å². The maximum Gasteiger partial charge on any atom is 0.417 e. The molecule has 1 N–H and O–H groups in total. The predicted octanol–water partition coefficient (Wildman–Crippen LogP) is 4.79. The zero-order valence-electron chi connectivity index (χ0n) is 11.9. The van der Waals surface area contributed by atoms with Gasteiger partial charge in [-0.15, -0.1) is 0 Å². The number of halogens is 4. The number of benzene rings is 1. The van der Waals surface area contributed by atoms with E-state index in [4.69, 9.17) is 11.6 Å². The molecule has 0 atom stereocenters. The molecule has 0 aliphatic carbocycles. The number of thioether (sulfide) groups is 1. The lowest BCUT2D eigenvalue weighted by Crippen LogP contribution is -2.14. The number of hydrogen-bond acceptors (Lipinski definition) is 3. The Bertz CT molecular complexity index is 705. The van der Waals surface area contributed by atoms with Crippen molar-refractivity contribution in [3.05, 3.63) is 52.7 Å². The van der Waals surface area contributed by atoms with E-state index < -0.39 is 11.7 Å². The van der Waals surface area contributed by atoms with Gasteiger partial charge >= 0.3 is 6.18 Å². The number of nitrogens with zero attached hydrogens (tertiary/aromatic N) is 1. The zero-order valence-corrected chi connectivity index (χ0v) is 13.5. The maximum absolute atomic E-state index is 12.4. The summed E-state index contributed by atoms with van der Waals surface area (Å²) >= 11 is 7.05. The lowest BCUT2D eigenvalue weighted by atomic mass is 10.2. The Kier molecular flexibility index (Phi) is 5.54. The summed E-state index contributed by atoms with van der Waals surface area (Å²) in [5, 5.41) is 3.41. The minimum absolute atomic E-state index is 0.0164. The Morgan fingerprint density at radius 1 is 1.30 bits per heavy atom. The van der Waals surface area contributed by atoms with Crippen molar-refractivity contribution in [1.29, 1.82) is 0 Å². The minimum Gasteiger partial charge on any atom is -0.324 e. The van der Waals surface area contributed by atoms with E-state index in [1.165, 1.54) is 6.07 Å². The minimum atomic E-state index is -4.42. The number of carbonyl (C=O) groups excluding carboxylic acids is 1. The molecule has 1 heterocycles. The molecule has 2 rings (SSSR count). The summed E-state index contributed by atoms with van der Waals surface area (Å²) in [5.41, 5.74) is 0.636. The molecule has 0 aliphatic heterocycles. The Hall–Kier alpha value is -1.73. The Balaban J connectivity index is 1.91. The van der Waals surface area contributed by atoms with Gasteiger partial charge in [0.05, 0.1) is 27.1 Å². The van der Waals surface area contributed by atoms with Gasteiger partial charge in [0, 0.05) is 6.20 Å². The number of hydrogen-bond donors (Lipinski definition) is 1. The van der Waals surface area contributed by atoms with Gasteiger partial charge < -0.3 is 5.32 Å². The summed E-state index contributed by atoms with van der Waals surface area (Å²) in [6, 6.07) is 7.40. The van der Waals surface area contributed by atoms with Crippen LogP contribution < -0.4 is 5.32 Å². The van der Waals surface area contributed by atoms with Crippen LogP contribution in [0.25, 0.3) is 0 Å². The summed E-state index contributed by atoms with van der Waals surface area (Å²) in [6.07, 6.45) is -3.67. The van der Waals surface area contributed by atoms with E-state index in [1.54, 1.807) is 12.1 Å². The van der Waals surface area contributed by atoms with Crippen molar-refractivity contribution in [3.8, 4) is 0 Å².